The van der Waals surface area contributed by atoms with Gasteiger partial charge in [0, 0.05) is 5.56 Å². The van der Waals surface area contributed by atoms with E-state index in [9.17, 15) is 22.7 Å². The second-order valence-electron chi connectivity index (χ2n) is 4.76. The van der Waals surface area contributed by atoms with Crippen molar-refractivity contribution in [3.8, 4) is 22.7 Å². The van der Waals surface area contributed by atoms with Crippen molar-refractivity contribution in [1.29, 1.82) is 0 Å². The van der Waals surface area contributed by atoms with Crippen molar-refractivity contribution in [2.45, 2.75) is 6.18 Å². The second-order valence-corrected chi connectivity index (χ2v) is 4.76. The summed E-state index contributed by atoms with van der Waals surface area (Å²) in [7, 11) is 0. The first-order valence-electron chi connectivity index (χ1n) is 6.43. The van der Waals surface area contributed by atoms with Crippen molar-refractivity contribution in [2.24, 2.45) is 0 Å². The molecule has 0 amide bonds. The van der Waals surface area contributed by atoms with Crippen molar-refractivity contribution in [3.05, 3.63) is 60.0 Å². The summed E-state index contributed by atoms with van der Waals surface area (Å²) in [6, 6.07) is 8.27. The van der Waals surface area contributed by atoms with E-state index >= 15 is 0 Å². The number of benzene rings is 2. The van der Waals surface area contributed by atoms with Gasteiger partial charge in [-0.05, 0) is 42.5 Å². The molecule has 3 rings (SSSR count). The summed E-state index contributed by atoms with van der Waals surface area (Å²) in [6.07, 6.45) is -3.23. The van der Waals surface area contributed by atoms with Crippen LogP contribution in [0.15, 0.2) is 48.7 Å². The average Bonchev–Trinajstić information content (AvgIpc) is 2.96. The molecule has 118 valence electrons. The third-order valence-electron chi connectivity index (χ3n) is 3.18. The van der Waals surface area contributed by atoms with Crippen LogP contribution in [0.25, 0.3) is 16.9 Å². The van der Waals surface area contributed by atoms with Crippen LogP contribution in [0, 0.1) is 5.82 Å². The zero-order valence-electron chi connectivity index (χ0n) is 11.4. The molecule has 0 spiro atoms. The largest absolute Gasteiger partial charge is 0.508 e. The lowest BCUT2D eigenvalue weighted by Crippen LogP contribution is -2.07. The lowest BCUT2D eigenvalue weighted by atomic mass is 10.1. The second kappa shape index (κ2) is 5.38. The third-order valence-corrected chi connectivity index (χ3v) is 3.18. The molecule has 0 aliphatic rings. The van der Waals surface area contributed by atoms with E-state index in [0.29, 0.717) is 17.3 Å². The predicted octanol–water partition coefficient (Wildman–Crippen LogP) is 3.80. The molecule has 0 fully saturated rings. The SMILES string of the molecule is Oc1ccc(-c2cn(-c3ccc(C(F)(F)F)cc3F)nn2)cc1. The minimum atomic E-state index is -4.61. The summed E-state index contributed by atoms with van der Waals surface area (Å²) in [4.78, 5) is 0. The van der Waals surface area contributed by atoms with Gasteiger partial charge in [-0.25, -0.2) is 9.07 Å². The fourth-order valence-electron chi connectivity index (χ4n) is 2.02. The summed E-state index contributed by atoms with van der Waals surface area (Å²) in [5.41, 5.74) is -0.196. The van der Waals surface area contributed by atoms with Gasteiger partial charge in [-0.2, -0.15) is 13.2 Å². The minimum Gasteiger partial charge on any atom is -0.508 e. The van der Waals surface area contributed by atoms with E-state index in [0.717, 1.165) is 16.8 Å². The van der Waals surface area contributed by atoms with Crippen molar-refractivity contribution in [2.75, 3.05) is 0 Å². The smallest absolute Gasteiger partial charge is 0.416 e. The van der Waals surface area contributed by atoms with E-state index in [1.54, 1.807) is 12.1 Å². The number of nitrogens with zero attached hydrogens (tertiary/aromatic N) is 3. The van der Waals surface area contributed by atoms with Crippen LogP contribution < -0.4 is 0 Å². The Labute approximate surface area is 127 Å². The van der Waals surface area contributed by atoms with E-state index in [1.165, 1.54) is 18.3 Å². The number of phenols is 1. The molecule has 0 atom stereocenters. The van der Waals surface area contributed by atoms with Gasteiger partial charge in [-0.1, -0.05) is 5.21 Å². The van der Waals surface area contributed by atoms with Crippen molar-refractivity contribution in [1.82, 2.24) is 15.0 Å². The van der Waals surface area contributed by atoms with Gasteiger partial charge in [0.15, 0.2) is 0 Å². The molecule has 23 heavy (non-hydrogen) atoms. The molecule has 1 N–H and O–H groups in total. The van der Waals surface area contributed by atoms with Gasteiger partial charge in [0.25, 0.3) is 0 Å². The highest BCUT2D eigenvalue weighted by atomic mass is 19.4. The highest BCUT2D eigenvalue weighted by Gasteiger charge is 2.31. The van der Waals surface area contributed by atoms with Crippen LogP contribution in [0.1, 0.15) is 5.56 Å². The molecule has 1 heterocycles. The number of aromatic nitrogens is 3. The number of alkyl halides is 3. The van der Waals surface area contributed by atoms with Gasteiger partial charge in [-0.3, -0.25) is 0 Å². The van der Waals surface area contributed by atoms with Gasteiger partial charge in [-0.15, -0.1) is 5.10 Å². The topological polar surface area (TPSA) is 50.9 Å². The third kappa shape index (κ3) is 3.01. The molecule has 8 heteroatoms. The normalized spacial score (nSPS) is 11.7. The molecule has 0 radical (unpaired) electrons. The van der Waals surface area contributed by atoms with Gasteiger partial charge >= 0.3 is 6.18 Å². The molecule has 0 aliphatic carbocycles. The maximum Gasteiger partial charge on any atom is 0.416 e. The maximum absolute atomic E-state index is 13.9. The predicted molar refractivity (Wildman–Crippen MR) is 73.4 cm³/mol. The quantitative estimate of drug-likeness (QED) is 0.730. The van der Waals surface area contributed by atoms with Crippen LogP contribution in [-0.2, 0) is 6.18 Å². The summed E-state index contributed by atoms with van der Waals surface area (Å²) in [5.74, 6) is -0.975. The number of rotatable bonds is 2. The molecule has 2 aromatic carbocycles. The number of phenolic OH excluding ortho intramolecular Hbond substituents is 1. The summed E-state index contributed by atoms with van der Waals surface area (Å²) in [5, 5.41) is 16.8. The molecule has 0 bridgehead atoms. The highest BCUT2D eigenvalue weighted by molar-refractivity contribution is 5.59. The molecule has 0 aliphatic heterocycles. The van der Waals surface area contributed by atoms with Gasteiger partial charge in [0.2, 0.25) is 0 Å². The Morgan fingerprint density at radius 3 is 2.30 bits per heavy atom. The fraction of sp³-hybridized carbons (Fsp3) is 0.0667. The van der Waals surface area contributed by atoms with Crippen LogP contribution in [0.2, 0.25) is 0 Å². The van der Waals surface area contributed by atoms with Gasteiger partial charge in [0.05, 0.1) is 11.8 Å². The molecular weight excluding hydrogens is 314 g/mol. The van der Waals surface area contributed by atoms with Crippen molar-refractivity contribution in [3.63, 3.8) is 0 Å². The summed E-state index contributed by atoms with van der Waals surface area (Å²) >= 11 is 0. The number of aromatic hydroxyl groups is 1. The molecule has 0 saturated heterocycles. The van der Waals surface area contributed by atoms with Crippen LogP contribution in [0.3, 0.4) is 0 Å². The first-order chi connectivity index (χ1) is 10.8. The number of hydrogen-bond donors (Lipinski definition) is 1. The van der Waals surface area contributed by atoms with Crippen LogP contribution in [0.4, 0.5) is 17.6 Å². The Bertz CT molecular complexity index is 841. The molecule has 0 saturated carbocycles. The Morgan fingerprint density at radius 2 is 1.70 bits per heavy atom. The Hall–Kier alpha value is -2.90. The Kier molecular flexibility index (Phi) is 3.51. The van der Waals surface area contributed by atoms with E-state index in [-0.39, 0.29) is 11.4 Å². The van der Waals surface area contributed by atoms with Gasteiger partial charge in [0.1, 0.15) is 22.9 Å². The van der Waals surface area contributed by atoms with Crippen molar-refractivity contribution < 1.29 is 22.7 Å². The fourth-order valence-corrected chi connectivity index (χ4v) is 2.02. The van der Waals surface area contributed by atoms with E-state index in [4.69, 9.17) is 0 Å². The first kappa shape index (κ1) is 15.0. The average molecular weight is 323 g/mol. The van der Waals surface area contributed by atoms with Gasteiger partial charge < -0.3 is 5.11 Å². The van der Waals surface area contributed by atoms with E-state index in [1.807, 2.05) is 0 Å². The number of halogens is 4. The molecule has 4 nitrogen and oxygen atoms in total. The van der Waals surface area contributed by atoms with Crippen molar-refractivity contribution >= 4 is 0 Å². The zero-order chi connectivity index (χ0) is 16.6. The van der Waals surface area contributed by atoms with Crippen LogP contribution >= 0.6 is 0 Å². The summed E-state index contributed by atoms with van der Waals surface area (Å²) in [6.45, 7) is 0. The molecular formula is C15H9F4N3O. The zero-order valence-corrected chi connectivity index (χ0v) is 11.4. The minimum absolute atomic E-state index is 0.0786. The Morgan fingerprint density at radius 1 is 1.00 bits per heavy atom. The summed E-state index contributed by atoms with van der Waals surface area (Å²) < 4.78 is 52.6. The Balaban J connectivity index is 1.96. The monoisotopic (exact) mass is 323 g/mol. The van der Waals surface area contributed by atoms with E-state index < -0.39 is 17.6 Å². The standard InChI is InChI=1S/C15H9F4N3O/c16-12-7-10(15(17,18)19)3-6-14(12)22-8-13(20-21-22)9-1-4-11(23)5-2-9/h1-8,23H. The lowest BCUT2D eigenvalue weighted by Gasteiger charge is -2.08. The maximum atomic E-state index is 13.9. The van der Waals surface area contributed by atoms with Crippen LogP contribution in [-0.4, -0.2) is 20.1 Å². The molecule has 3 aromatic rings. The lowest BCUT2D eigenvalue weighted by molar-refractivity contribution is -0.137. The van der Waals surface area contributed by atoms with Crippen LogP contribution in [0.5, 0.6) is 5.75 Å². The number of hydrogen-bond acceptors (Lipinski definition) is 3. The first-order valence-corrected chi connectivity index (χ1v) is 6.43. The van der Waals surface area contributed by atoms with E-state index in [2.05, 4.69) is 10.3 Å². The highest BCUT2D eigenvalue weighted by Crippen LogP contribution is 2.31. The molecule has 0 unspecified atom stereocenters. The molecule has 1 aromatic heterocycles.